The first-order valence-corrected chi connectivity index (χ1v) is 6.03. The molecule has 0 radical (unpaired) electrons. The predicted molar refractivity (Wildman–Crippen MR) is 37.6 cm³/mol. The van der Waals surface area contributed by atoms with Crippen LogP contribution < -0.4 is 0 Å². The van der Waals surface area contributed by atoms with E-state index >= 15 is 0 Å². The molecule has 0 heterocycles. The lowest BCUT2D eigenvalue weighted by atomic mass is 30.4. The molecule has 0 aliphatic rings. The van der Waals surface area contributed by atoms with Crippen molar-refractivity contribution in [2.45, 2.75) is 0 Å². The Morgan fingerprint density at radius 1 is 1.60 bits per heavy atom. The topological polar surface area (TPSA) is 0 Å². The molecule has 0 aromatic carbocycles. The summed E-state index contributed by atoms with van der Waals surface area (Å²) in [6.45, 7) is 0. The van der Waals surface area contributed by atoms with E-state index in [1.165, 1.54) is 29.7 Å². The van der Waals surface area contributed by atoms with Crippen LogP contribution in [0.1, 0.15) is 0 Å². The third kappa shape index (κ3) is 5.69. The first kappa shape index (κ1) is 6.69. The van der Waals surface area contributed by atoms with Crippen molar-refractivity contribution in [2.75, 3.05) is 0 Å². The lowest BCUT2D eigenvalue weighted by Gasteiger charge is -1.74. The highest BCUT2D eigenvalue weighted by Crippen LogP contribution is 2.39. The molecule has 0 spiro atoms. The largest absolute Gasteiger partial charge is 0.0988 e. The van der Waals surface area contributed by atoms with Gasteiger partial charge in [0.25, 0.3) is 0 Å². The van der Waals surface area contributed by atoms with Gasteiger partial charge >= 0.3 is 0 Å². The molecule has 0 rings (SSSR count). The molecule has 0 aromatic rings. The van der Waals surface area contributed by atoms with E-state index in [1.54, 1.807) is 0 Å². The van der Waals surface area contributed by atoms with Crippen LogP contribution in [0.15, 0.2) is 0 Å². The van der Waals surface area contributed by atoms with Gasteiger partial charge in [-0.2, -0.15) is 0 Å². The van der Waals surface area contributed by atoms with Gasteiger partial charge in [-0.05, 0) is 20.5 Å². The van der Waals surface area contributed by atoms with E-state index in [1.807, 2.05) is 0 Å². The first-order valence-electron chi connectivity index (χ1n) is 0.670. The molecule has 5 heteroatoms. The van der Waals surface area contributed by atoms with Gasteiger partial charge in [-0.25, -0.2) is 0 Å². The molecule has 0 N–H and O–H groups in total. The number of hydrogen-bond acceptors (Lipinski definition) is 4. The number of rotatable bonds is 2. The molecule has 0 aromatic heterocycles. The summed E-state index contributed by atoms with van der Waals surface area (Å²) in [5, 5.41) is 0. The van der Waals surface area contributed by atoms with Crippen molar-refractivity contribution in [3.63, 3.8) is 0 Å². The van der Waals surface area contributed by atoms with E-state index in [0.717, 1.165) is 0 Å². The van der Waals surface area contributed by atoms with Crippen LogP contribution in [0, 0.1) is 0 Å². The summed E-state index contributed by atoms with van der Waals surface area (Å²) < 4.78 is 0. The molecular formula is HClS4. The summed E-state index contributed by atoms with van der Waals surface area (Å²) in [6.07, 6.45) is 0. The van der Waals surface area contributed by atoms with E-state index in [4.69, 9.17) is 10.7 Å². The maximum Gasteiger partial charge on any atom is 0.0261 e. The molecule has 0 nitrogen and oxygen atoms in total. The highest BCUT2D eigenvalue weighted by atomic mass is 35.7. The summed E-state index contributed by atoms with van der Waals surface area (Å²) in [7, 11) is 9.06. The second-order valence-electron chi connectivity index (χ2n) is 0.206. The number of halogens is 1. The molecule has 0 unspecified atom stereocenters. The molecule has 0 bridgehead atoms. The Morgan fingerprint density at radius 3 is 2.20 bits per heavy atom. The summed E-state index contributed by atoms with van der Waals surface area (Å²) >= 11 is 3.78. The van der Waals surface area contributed by atoms with Gasteiger partial charge in [-0.3, -0.25) is 0 Å². The van der Waals surface area contributed by atoms with E-state index in [2.05, 4.69) is 11.7 Å². The van der Waals surface area contributed by atoms with Crippen LogP contribution in [0.5, 0.6) is 0 Å². The Hall–Kier alpha value is 1.69. The molecule has 0 saturated carbocycles. The van der Waals surface area contributed by atoms with Gasteiger partial charge in [0.2, 0.25) is 0 Å². The smallest absolute Gasteiger partial charge is 0.0261 e. The van der Waals surface area contributed by atoms with Gasteiger partial charge in [0.15, 0.2) is 0 Å². The van der Waals surface area contributed by atoms with E-state index in [-0.39, 0.29) is 0 Å². The third-order valence-electron chi connectivity index (χ3n) is 0.0561. The normalized spacial score (nSPS) is 8.40. The first-order chi connectivity index (χ1) is 2.41. The Morgan fingerprint density at radius 2 is 2.20 bits per heavy atom. The van der Waals surface area contributed by atoms with Gasteiger partial charge < -0.3 is 0 Å². The fraction of sp³-hybridized carbons (Fsp3) is 0. The van der Waals surface area contributed by atoms with Crippen molar-refractivity contribution in [2.24, 2.45) is 0 Å². The van der Waals surface area contributed by atoms with Gasteiger partial charge in [0, 0.05) is 19.8 Å². The van der Waals surface area contributed by atoms with Gasteiger partial charge in [-0.1, -0.05) is 11.7 Å². The van der Waals surface area contributed by atoms with Crippen molar-refractivity contribution in [1.29, 1.82) is 0 Å². The van der Waals surface area contributed by atoms with Crippen molar-refractivity contribution in [1.82, 2.24) is 0 Å². The minimum absolute atomic E-state index is 1.18. The molecule has 0 atom stereocenters. The monoisotopic (exact) mass is 164 g/mol. The Bertz CT molecular complexity index is 11.1. The maximum absolute atomic E-state index is 5.11. The fourth-order valence-electron chi connectivity index (χ4n) is 0.0115. The van der Waals surface area contributed by atoms with Crippen LogP contribution in [0.25, 0.3) is 0 Å². The Kier molecular flexibility index (Phi) is 7.61. The lowest BCUT2D eigenvalue weighted by molar-refractivity contribution is 5.28. The summed E-state index contributed by atoms with van der Waals surface area (Å²) in [4.78, 5) is 0. The highest BCUT2D eigenvalue weighted by molar-refractivity contribution is 9.26. The summed E-state index contributed by atoms with van der Waals surface area (Å²) in [5.41, 5.74) is 0. The number of hydrogen-bond donors (Lipinski definition) is 1. The molecular weight excluding hydrogens is 164 g/mol. The third-order valence-corrected chi connectivity index (χ3v) is 4.55. The van der Waals surface area contributed by atoms with Crippen LogP contribution >= 0.6 is 52.0 Å². The zero-order valence-electron chi connectivity index (χ0n) is 2.05. The van der Waals surface area contributed by atoms with Gasteiger partial charge in [0.05, 0.1) is 0 Å². The average Bonchev–Trinajstić information content (AvgIpc) is 1.41. The Labute approximate surface area is 51.9 Å². The van der Waals surface area contributed by atoms with E-state index in [9.17, 15) is 0 Å². The van der Waals surface area contributed by atoms with Crippen molar-refractivity contribution in [3.05, 3.63) is 0 Å². The standard InChI is InChI=1S/ClHS4/c1-3-5-4-2/h2H. The van der Waals surface area contributed by atoms with Crippen LogP contribution in [0.4, 0.5) is 0 Å². The average molecular weight is 165 g/mol. The van der Waals surface area contributed by atoms with E-state index in [0.29, 0.717) is 0 Å². The lowest BCUT2D eigenvalue weighted by Crippen LogP contribution is -1.08. The SMILES string of the molecule is SSSSCl. The highest BCUT2D eigenvalue weighted by Gasteiger charge is 1.73. The second-order valence-corrected chi connectivity index (χ2v) is 5.55. The minimum Gasteiger partial charge on any atom is -0.0988 e. The molecule has 0 amide bonds. The second kappa shape index (κ2) is 5.69. The molecule has 5 heavy (non-hydrogen) atoms. The Balaban J connectivity index is 2.19. The van der Waals surface area contributed by atoms with Crippen molar-refractivity contribution in [3.8, 4) is 0 Å². The minimum atomic E-state index is 1.18. The zero-order valence-corrected chi connectivity index (χ0v) is 6.15. The zero-order chi connectivity index (χ0) is 4.12. The predicted octanol–water partition coefficient (Wildman–Crippen LogP) is 3.01. The summed E-state index contributed by atoms with van der Waals surface area (Å²) in [5.74, 6) is 0. The van der Waals surface area contributed by atoms with Crippen LogP contribution in [0.2, 0.25) is 0 Å². The van der Waals surface area contributed by atoms with Crippen LogP contribution in [-0.4, -0.2) is 0 Å². The molecule has 0 saturated heterocycles. The van der Waals surface area contributed by atoms with E-state index < -0.39 is 0 Å². The summed E-state index contributed by atoms with van der Waals surface area (Å²) in [6, 6.07) is 0. The maximum atomic E-state index is 5.11. The van der Waals surface area contributed by atoms with Crippen molar-refractivity contribution < 1.29 is 0 Å². The molecule has 0 fully saturated rings. The fourth-order valence-corrected chi connectivity index (χ4v) is 2.79. The van der Waals surface area contributed by atoms with Crippen LogP contribution in [0.3, 0.4) is 0 Å². The van der Waals surface area contributed by atoms with Crippen LogP contribution in [-0.2, 0) is 0 Å². The van der Waals surface area contributed by atoms with Crippen molar-refractivity contribution >= 4 is 52.0 Å². The quantitative estimate of drug-likeness (QED) is 0.493. The van der Waals surface area contributed by atoms with Gasteiger partial charge in [0.1, 0.15) is 0 Å². The molecule has 0 aliphatic heterocycles. The van der Waals surface area contributed by atoms with Gasteiger partial charge in [-0.15, -0.1) is 0 Å². The number of thiol groups is 1. The molecule has 0 aliphatic carbocycles. The molecule has 32 valence electrons.